The van der Waals surface area contributed by atoms with E-state index in [-0.39, 0.29) is 0 Å². The van der Waals surface area contributed by atoms with Crippen molar-refractivity contribution in [2.75, 3.05) is 13.2 Å². The Morgan fingerprint density at radius 3 is 2.03 bits per heavy atom. The van der Waals surface area contributed by atoms with Crippen LogP contribution in [0.4, 0.5) is 4.79 Å². The molecule has 1 N–H and O–H groups in total. The van der Waals surface area contributed by atoms with Gasteiger partial charge in [-0.15, -0.1) is 0 Å². The van der Waals surface area contributed by atoms with Crippen LogP contribution in [-0.2, 0) is 4.74 Å². The second kappa shape index (κ2) is 15.5. The van der Waals surface area contributed by atoms with Gasteiger partial charge in [-0.3, -0.25) is 10.3 Å². The van der Waals surface area contributed by atoms with Gasteiger partial charge in [0.25, 0.3) is 0 Å². The number of ether oxygens (including phenoxy) is 1. The fourth-order valence-corrected chi connectivity index (χ4v) is 3.00. The molecule has 1 amide bonds. The molecule has 4 heteroatoms. The summed E-state index contributed by atoms with van der Waals surface area (Å²) in [6.07, 6.45) is 19.4. The highest BCUT2D eigenvalue weighted by Crippen LogP contribution is 2.13. The number of nitrogens with one attached hydrogen (secondary N) is 1. The number of dihydropyridines is 1. The van der Waals surface area contributed by atoms with Gasteiger partial charge in [0.05, 0.1) is 0 Å². The summed E-state index contributed by atoms with van der Waals surface area (Å²) in [5.74, 6) is 0. The monoisotopic (exact) mass is 412 g/mol. The number of amides is 1. The first kappa shape index (κ1) is 25.7. The third kappa shape index (κ3) is 13.8. The topological polar surface area (TPSA) is 50.7 Å². The first-order valence-electron chi connectivity index (χ1n) is 11.1. The first-order valence-corrected chi connectivity index (χ1v) is 11.1. The Bertz CT molecular complexity index is 717. The van der Waals surface area contributed by atoms with Crippen molar-refractivity contribution in [1.29, 1.82) is 0 Å². The van der Waals surface area contributed by atoms with E-state index < -0.39 is 6.09 Å². The summed E-state index contributed by atoms with van der Waals surface area (Å²) in [6.45, 7) is 11.9. The summed E-state index contributed by atoms with van der Waals surface area (Å²) in [6, 6.07) is 0. The van der Waals surface area contributed by atoms with Gasteiger partial charge in [0, 0.05) is 24.9 Å². The van der Waals surface area contributed by atoms with Gasteiger partial charge >= 0.3 is 6.09 Å². The second-order valence-corrected chi connectivity index (χ2v) is 8.27. The summed E-state index contributed by atoms with van der Waals surface area (Å²) in [5, 5.41) is 2.76. The molecule has 0 aromatic rings. The van der Waals surface area contributed by atoms with Crippen molar-refractivity contribution >= 4 is 12.3 Å². The molecule has 0 bridgehead atoms. The molecular formula is C26H40N2O2. The lowest BCUT2D eigenvalue weighted by molar-refractivity contribution is 0.161. The van der Waals surface area contributed by atoms with E-state index in [2.05, 4.69) is 63.2 Å². The van der Waals surface area contributed by atoms with Crippen LogP contribution < -0.4 is 5.32 Å². The van der Waals surface area contributed by atoms with E-state index in [0.717, 1.165) is 50.6 Å². The van der Waals surface area contributed by atoms with E-state index in [0.29, 0.717) is 13.2 Å². The zero-order valence-electron chi connectivity index (χ0n) is 19.6. The van der Waals surface area contributed by atoms with E-state index in [1.807, 2.05) is 12.2 Å². The zero-order valence-corrected chi connectivity index (χ0v) is 19.6. The number of allylic oxidation sites excluding steroid dienone is 8. The molecule has 4 nitrogen and oxygen atoms in total. The molecule has 0 aromatic carbocycles. The van der Waals surface area contributed by atoms with Gasteiger partial charge in [-0.2, -0.15) is 0 Å². The number of rotatable bonds is 12. The molecule has 0 spiro atoms. The minimum atomic E-state index is -0.402. The average Bonchev–Trinajstić information content (AvgIpc) is 2.68. The Labute approximate surface area is 183 Å². The smallest absolute Gasteiger partial charge is 0.411 e. The number of nitrogens with zero attached hydrogens (tertiary/aromatic N) is 1. The van der Waals surface area contributed by atoms with Crippen molar-refractivity contribution in [2.45, 2.75) is 79.6 Å². The number of hydrogen-bond donors (Lipinski definition) is 1. The van der Waals surface area contributed by atoms with Crippen LogP contribution in [-0.4, -0.2) is 25.5 Å². The predicted molar refractivity (Wildman–Crippen MR) is 129 cm³/mol. The molecule has 1 rings (SSSR count). The number of hydrogen-bond acceptors (Lipinski definition) is 3. The molecule has 0 aliphatic carbocycles. The molecule has 0 atom stereocenters. The molecular weight excluding hydrogens is 372 g/mol. The Hall–Kier alpha value is -2.36. The SMILES string of the molecule is CC(C)=CCCC(C)=CCCC(C)=CCCC(C)=CCOC(=O)NC1=CC=NCC1. The maximum Gasteiger partial charge on any atom is 0.411 e. The van der Waals surface area contributed by atoms with Crippen molar-refractivity contribution in [2.24, 2.45) is 4.99 Å². The molecule has 0 unspecified atom stereocenters. The summed E-state index contributed by atoms with van der Waals surface area (Å²) in [7, 11) is 0. The lowest BCUT2D eigenvalue weighted by Crippen LogP contribution is -2.25. The number of aliphatic imine (C=N–C) groups is 1. The highest BCUT2D eigenvalue weighted by Gasteiger charge is 2.06. The van der Waals surface area contributed by atoms with Crippen molar-refractivity contribution in [3.63, 3.8) is 0 Å². The summed E-state index contributed by atoms with van der Waals surface area (Å²) in [4.78, 5) is 15.9. The molecule has 0 aromatic heterocycles. The Morgan fingerprint density at radius 2 is 1.50 bits per heavy atom. The van der Waals surface area contributed by atoms with Crippen molar-refractivity contribution in [3.05, 3.63) is 58.4 Å². The lowest BCUT2D eigenvalue weighted by atomic mass is 10.0. The van der Waals surface area contributed by atoms with E-state index in [1.165, 1.54) is 22.3 Å². The predicted octanol–water partition coefficient (Wildman–Crippen LogP) is 7.22. The zero-order chi connectivity index (χ0) is 22.2. The van der Waals surface area contributed by atoms with Gasteiger partial charge in [-0.25, -0.2) is 4.79 Å². The van der Waals surface area contributed by atoms with Crippen molar-refractivity contribution in [1.82, 2.24) is 5.32 Å². The molecule has 0 saturated carbocycles. The largest absolute Gasteiger partial charge is 0.445 e. The quantitative estimate of drug-likeness (QED) is 0.344. The molecule has 166 valence electrons. The average molecular weight is 413 g/mol. The van der Waals surface area contributed by atoms with Gasteiger partial charge in [0.15, 0.2) is 0 Å². The Kier molecular flexibility index (Phi) is 13.2. The van der Waals surface area contributed by atoms with Crippen LogP contribution in [0.2, 0.25) is 0 Å². The van der Waals surface area contributed by atoms with Crippen LogP contribution in [0.3, 0.4) is 0 Å². The molecule has 0 radical (unpaired) electrons. The van der Waals surface area contributed by atoms with Crippen LogP contribution in [0.5, 0.6) is 0 Å². The normalized spacial score (nSPS) is 15.0. The summed E-state index contributed by atoms with van der Waals surface area (Å²) < 4.78 is 5.22. The highest BCUT2D eigenvalue weighted by atomic mass is 16.5. The minimum Gasteiger partial charge on any atom is -0.445 e. The minimum absolute atomic E-state index is 0.304. The van der Waals surface area contributed by atoms with Crippen LogP contribution in [0.25, 0.3) is 0 Å². The third-order valence-corrected chi connectivity index (χ3v) is 4.95. The van der Waals surface area contributed by atoms with Gasteiger partial charge in [0.2, 0.25) is 0 Å². The van der Waals surface area contributed by atoms with Crippen LogP contribution in [0, 0.1) is 0 Å². The van der Waals surface area contributed by atoms with Gasteiger partial charge in [-0.05, 0) is 85.3 Å². The van der Waals surface area contributed by atoms with Crippen LogP contribution in [0.15, 0.2) is 63.4 Å². The lowest BCUT2D eigenvalue weighted by Gasteiger charge is -2.10. The van der Waals surface area contributed by atoms with Crippen molar-refractivity contribution < 1.29 is 9.53 Å². The molecule has 0 saturated heterocycles. The highest BCUT2D eigenvalue weighted by molar-refractivity contribution is 5.76. The second-order valence-electron chi connectivity index (χ2n) is 8.27. The fraction of sp³-hybridized carbons (Fsp3) is 0.538. The van der Waals surface area contributed by atoms with Crippen LogP contribution >= 0.6 is 0 Å². The van der Waals surface area contributed by atoms with Gasteiger partial charge in [0.1, 0.15) is 6.61 Å². The Balaban J connectivity index is 2.20. The van der Waals surface area contributed by atoms with E-state index in [4.69, 9.17) is 4.74 Å². The molecule has 1 aliphatic heterocycles. The van der Waals surface area contributed by atoms with Crippen molar-refractivity contribution in [3.8, 4) is 0 Å². The molecule has 1 heterocycles. The molecule has 0 fully saturated rings. The summed E-state index contributed by atoms with van der Waals surface area (Å²) >= 11 is 0. The number of carbonyl (C=O) groups is 1. The third-order valence-electron chi connectivity index (χ3n) is 4.95. The Morgan fingerprint density at radius 1 is 0.933 bits per heavy atom. The molecule has 1 aliphatic rings. The number of alkyl carbamates (subject to hydrolysis) is 1. The standard InChI is InChI=1S/C26H40N2O2/c1-21(2)9-6-10-22(3)11-7-12-23(4)13-8-14-24(5)17-20-30-26(29)28-25-15-18-27-19-16-25/h9,11,13,15,17-18H,6-8,10,12,14,16,19-20H2,1-5H3,(H,28,29). The van der Waals surface area contributed by atoms with E-state index in [9.17, 15) is 4.79 Å². The summed E-state index contributed by atoms with van der Waals surface area (Å²) in [5.41, 5.74) is 6.42. The molecule has 30 heavy (non-hydrogen) atoms. The maximum absolute atomic E-state index is 11.8. The van der Waals surface area contributed by atoms with E-state index in [1.54, 1.807) is 6.21 Å². The van der Waals surface area contributed by atoms with E-state index >= 15 is 0 Å². The fourth-order valence-electron chi connectivity index (χ4n) is 3.00. The number of carbonyl (C=O) groups excluding carboxylic acids is 1. The van der Waals surface area contributed by atoms with Gasteiger partial charge < -0.3 is 4.74 Å². The first-order chi connectivity index (χ1) is 14.4. The van der Waals surface area contributed by atoms with Crippen LogP contribution in [0.1, 0.15) is 79.6 Å². The maximum atomic E-state index is 11.8. The van der Waals surface area contributed by atoms with Gasteiger partial charge in [-0.1, -0.05) is 40.5 Å².